The van der Waals surface area contributed by atoms with Crippen LogP contribution in [0.5, 0.6) is 5.75 Å². The number of hydrogen-bond acceptors (Lipinski definition) is 2. The van der Waals surface area contributed by atoms with Gasteiger partial charge in [0.1, 0.15) is 5.75 Å². The number of anilines is 1. The molecule has 4 heteroatoms. The Bertz CT molecular complexity index is 482. The van der Waals surface area contributed by atoms with Crippen LogP contribution in [0.1, 0.15) is 45.1 Å². The lowest BCUT2D eigenvalue weighted by molar-refractivity contribution is -0.121. The Balaban J connectivity index is 2.00. The first-order valence-electron chi connectivity index (χ1n) is 7.76. The quantitative estimate of drug-likeness (QED) is 0.808. The van der Waals surface area contributed by atoms with Crippen molar-refractivity contribution in [2.75, 3.05) is 11.9 Å². The Morgan fingerprint density at radius 1 is 1.33 bits per heavy atom. The summed E-state index contributed by atoms with van der Waals surface area (Å²) in [4.78, 5) is 12.3. The van der Waals surface area contributed by atoms with E-state index in [1.54, 1.807) is 0 Å². The molecular weight excluding hydrogens is 286 g/mol. The summed E-state index contributed by atoms with van der Waals surface area (Å²) in [5.41, 5.74) is 1.71. The maximum atomic E-state index is 12.3. The third-order valence-corrected chi connectivity index (χ3v) is 4.45. The summed E-state index contributed by atoms with van der Waals surface area (Å²) in [5.74, 6) is 2.19. The summed E-state index contributed by atoms with van der Waals surface area (Å²) >= 11 is 5.95. The van der Waals surface area contributed by atoms with Gasteiger partial charge in [-0.2, -0.15) is 0 Å². The SMILES string of the molecule is CCOc1ccc(NC(=O)C2CCC(C)CC2)cc1CCl. The summed E-state index contributed by atoms with van der Waals surface area (Å²) in [7, 11) is 0. The second-order valence-corrected chi connectivity index (χ2v) is 6.10. The first kappa shape index (κ1) is 16.2. The third kappa shape index (κ3) is 4.37. The Labute approximate surface area is 132 Å². The Morgan fingerprint density at radius 2 is 2.05 bits per heavy atom. The van der Waals surface area contributed by atoms with Gasteiger partial charge in [0, 0.05) is 17.2 Å². The van der Waals surface area contributed by atoms with Crippen molar-refractivity contribution in [2.45, 2.75) is 45.4 Å². The van der Waals surface area contributed by atoms with Crippen LogP contribution in [0.2, 0.25) is 0 Å². The molecule has 1 aliphatic rings. The molecule has 0 saturated heterocycles. The van der Waals surface area contributed by atoms with E-state index in [2.05, 4.69) is 12.2 Å². The molecule has 0 aliphatic heterocycles. The van der Waals surface area contributed by atoms with Crippen LogP contribution in [-0.4, -0.2) is 12.5 Å². The number of alkyl halides is 1. The van der Waals surface area contributed by atoms with E-state index in [0.29, 0.717) is 12.5 Å². The molecule has 0 heterocycles. The maximum Gasteiger partial charge on any atom is 0.227 e. The van der Waals surface area contributed by atoms with E-state index in [1.807, 2.05) is 25.1 Å². The lowest BCUT2D eigenvalue weighted by Gasteiger charge is -2.25. The molecule has 1 saturated carbocycles. The largest absolute Gasteiger partial charge is 0.494 e. The van der Waals surface area contributed by atoms with Gasteiger partial charge in [0.2, 0.25) is 5.91 Å². The average Bonchev–Trinajstić information content (AvgIpc) is 2.49. The average molecular weight is 310 g/mol. The van der Waals surface area contributed by atoms with Crippen LogP contribution in [0, 0.1) is 11.8 Å². The van der Waals surface area contributed by atoms with Crippen molar-refractivity contribution in [1.82, 2.24) is 0 Å². The molecule has 2 rings (SSSR count). The first-order chi connectivity index (χ1) is 10.1. The highest BCUT2D eigenvalue weighted by atomic mass is 35.5. The van der Waals surface area contributed by atoms with Gasteiger partial charge in [-0.25, -0.2) is 0 Å². The van der Waals surface area contributed by atoms with Gasteiger partial charge in [-0.1, -0.05) is 6.92 Å². The molecule has 0 atom stereocenters. The second-order valence-electron chi connectivity index (χ2n) is 5.84. The van der Waals surface area contributed by atoms with Gasteiger partial charge >= 0.3 is 0 Å². The second kappa shape index (κ2) is 7.69. The number of halogens is 1. The number of nitrogens with one attached hydrogen (secondary N) is 1. The summed E-state index contributed by atoms with van der Waals surface area (Å²) in [6.07, 6.45) is 4.28. The minimum Gasteiger partial charge on any atom is -0.494 e. The van der Waals surface area contributed by atoms with Crippen molar-refractivity contribution in [3.8, 4) is 5.75 Å². The predicted octanol–water partition coefficient (Wildman–Crippen LogP) is 4.59. The van der Waals surface area contributed by atoms with Crippen LogP contribution in [0.15, 0.2) is 18.2 Å². The van der Waals surface area contributed by atoms with Gasteiger partial charge in [0.05, 0.1) is 12.5 Å². The van der Waals surface area contributed by atoms with E-state index in [9.17, 15) is 4.79 Å². The Hall–Kier alpha value is -1.22. The van der Waals surface area contributed by atoms with Crippen molar-refractivity contribution >= 4 is 23.2 Å². The molecule has 0 aromatic heterocycles. The number of carbonyl (C=O) groups is 1. The molecular formula is C17H24ClNO2. The van der Waals surface area contributed by atoms with E-state index in [1.165, 1.54) is 0 Å². The molecule has 0 spiro atoms. The van der Waals surface area contributed by atoms with Crippen LogP contribution in [0.4, 0.5) is 5.69 Å². The van der Waals surface area contributed by atoms with Gasteiger partial charge in [-0.15, -0.1) is 11.6 Å². The minimum absolute atomic E-state index is 0.131. The summed E-state index contributed by atoms with van der Waals surface area (Å²) in [6.45, 7) is 4.81. The number of amides is 1. The highest BCUT2D eigenvalue weighted by Crippen LogP contribution is 2.30. The fourth-order valence-electron chi connectivity index (χ4n) is 2.82. The predicted molar refractivity (Wildman–Crippen MR) is 86.9 cm³/mol. The fourth-order valence-corrected chi connectivity index (χ4v) is 3.03. The Morgan fingerprint density at radius 3 is 2.67 bits per heavy atom. The number of benzene rings is 1. The van der Waals surface area contributed by atoms with Crippen LogP contribution in [0.25, 0.3) is 0 Å². The summed E-state index contributed by atoms with van der Waals surface area (Å²) < 4.78 is 5.52. The molecule has 1 N–H and O–H groups in total. The molecule has 1 fully saturated rings. The minimum atomic E-state index is 0.131. The maximum absolute atomic E-state index is 12.3. The molecule has 1 amide bonds. The van der Waals surface area contributed by atoms with E-state index in [-0.39, 0.29) is 11.8 Å². The number of carbonyl (C=O) groups excluding carboxylic acids is 1. The standard InChI is InChI=1S/C17H24ClNO2/c1-3-21-16-9-8-15(10-14(16)11-18)19-17(20)13-6-4-12(2)5-7-13/h8-10,12-13H,3-7,11H2,1-2H3,(H,19,20). The van der Waals surface area contributed by atoms with Gasteiger partial charge in [-0.05, 0) is 56.7 Å². The zero-order valence-corrected chi connectivity index (χ0v) is 13.6. The van der Waals surface area contributed by atoms with Gasteiger partial charge in [-0.3, -0.25) is 4.79 Å². The topological polar surface area (TPSA) is 38.3 Å². The molecule has 0 unspecified atom stereocenters. The van der Waals surface area contributed by atoms with Crippen molar-refractivity contribution in [3.63, 3.8) is 0 Å². The molecule has 116 valence electrons. The zero-order chi connectivity index (χ0) is 15.2. The lowest BCUT2D eigenvalue weighted by Crippen LogP contribution is -2.26. The van der Waals surface area contributed by atoms with E-state index in [0.717, 1.165) is 48.6 Å². The molecule has 1 aromatic carbocycles. The molecule has 0 bridgehead atoms. The molecule has 3 nitrogen and oxygen atoms in total. The highest BCUT2D eigenvalue weighted by molar-refractivity contribution is 6.17. The molecule has 1 aliphatic carbocycles. The smallest absolute Gasteiger partial charge is 0.227 e. The van der Waals surface area contributed by atoms with E-state index in [4.69, 9.17) is 16.3 Å². The normalized spacial score (nSPS) is 21.9. The van der Waals surface area contributed by atoms with Crippen molar-refractivity contribution in [3.05, 3.63) is 23.8 Å². The zero-order valence-electron chi connectivity index (χ0n) is 12.8. The van der Waals surface area contributed by atoms with Crippen LogP contribution < -0.4 is 10.1 Å². The van der Waals surface area contributed by atoms with Crippen LogP contribution in [-0.2, 0) is 10.7 Å². The first-order valence-corrected chi connectivity index (χ1v) is 8.30. The van der Waals surface area contributed by atoms with Gasteiger partial charge < -0.3 is 10.1 Å². The third-order valence-electron chi connectivity index (χ3n) is 4.16. The number of hydrogen-bond donors (Lipinski definition) is 1. The van der Waals surface area contributed by atoms with Gasteiger partial charge in [0.15, 0.2) is 0 Å². The molecule has 0 radical (unpaired) electrons. The van der Waals surface area contributed by atoms with E-state index >= 15 is 0 Å². The Kier molecular flexibility index (Phi) is 5.92. The van der Waals surface area contributed by atoms with Crippen molar-refractivity contribution in [1.29, 1.82) is 0 Å². The number of rotatable bonds is 5. The summed E-state index contributed by atoms with van der Waals surface area (Å²) in [6, 6.07) is 5.66. The van der Waals surface area contributed by atoms with Crippen molar-refractivity contribution < 1.29 is 9.53 Å². The highest BCUT2D eigenvalue weighted by Gasteiger charge is 2.24. The van der Waals surface area contributed by atoms with Crippen molar-refractivity contribution in [2.24, 2.45) is 11.8 Å². The van der Waals surface area contributed by atoms with Crippen LogP contribution in [0.3, 0.4) is 0 Å². The lowest BCUT2D eigenvalue weighted by atomic mass is 9.82. The fraction of sp³-hybridized carbons (Fsp3) is 0.588. The van der Waals surface area contributed by atoms with Crippen LogP contribution >= 0.6 is 11.6 Å². The van der Waals surface area contributed by atoms with Gasteiger partial charge in [0.25, 0.3) is 0 Å². The summed E-state index contributed by atoms with van der Waals surface area (Å²) in [5, 5.41) is 3.02. The van der Waals surface area contributed by atoms with E-state index < -0.39 is 0 Å². The number of ether oxygens (including phenoxy) is 1. The molecule has 1 aromatic rings. The monoisotopic (exact) mass is 309 g/mol. The molecule has 21 heavy (non-hydrogen) atoms.